The number of benzene rings is 1. The normalized spacial score (nSPS) is 16.2. The van der Waals surface area contributed by atoms with Crippen LogP contribution in [-0.4, -0.2) is 50.8 Å². The molecule has 2 aromatic rings. The number of ether oxygens (including phenoxy) is 2. The lowest BCUT2D eigenvalue weighted by Gasteiger charge is -2.27. The molecule has 1 aromatic carbocycles. The van der Waals surface area contributed by atoms with Crippen molar-refractivity contribution < 1.29 is 14.3 Å². The number of nitrogens with one attached hydrogen (secondary N) is 1. The smallest absolute Gasteiger partial charge is 0.311 e. The number of carbonyl (C=O) groups is 1. The van der Waals surface area contributed by atoms with Gasteiger partial charge in [0.1, 0.15) is 5.75 Å². The summed E-state index contributed by atoms with van der Waals surface area (Å²) in [6.07, 6.45) is 5.63. The van der Waals surface area contributed by atoms with Gasteiger partial charge in [0.15, 0.2) is 5.13 Å². The summed E-state index contributed by atoms with van der Waals surface area (Å²) in [4.78, 5) is 20.8. The van der Waals surface area contributed by atoms with E-state index in [4.69, 9.17) is 14.5 Å². The molecule has 178 valence electrons. The minimum absolute atomic E-state index is 0.179. The highest BCUT2D eigenvalue weighted by Gasteiger charge is 2.31. The number of aromatic nitrogens is 1. The van der Waals surface area contributed by atoms with Crippen molar-refractivity contribution in [2.45, 2.75) is 46.5 Å². The molecule has 6 nitrogen and oxygen atoms in total. The Labute approximate surface area is 201 Å². The largest absolute Gasteiger partial charge is 0.493 e. The zero-order valence-electron chi connectivity index (χ0n) is 20.2. The third kappa shape index (κ3) is 5.41. The first-order valence-corrected chi connectivity index (χ1v) is 12.6. The van der Waals surface area contributed by atoms with Crippen LogP contribution in [0.5, 0.6) is 5.75 Å². The Bertz CT molecular complexity index is 1020. The lowest BCUT2D eigenvalue weighted by molar-refractivity contribution is -0.150. The molecular formula is C26H35N3O3S. The molecule has 0 unspecified atom stereocenters. The Morgan fingerprint density at radius 1 is 1.27 bits per heavy atom. The number of rotatable bonds is 8. The van der Waals surface area contributed by atoms with Crippen molar-refractivity contribution >= 4 is 28.0 Å². The van der Waals surface area contributed by atoms with Crippen LogP contribution in [0.1, 0.15) is 48.4 Å². The van der Waals surface area contributed by atoms with Crippen LogP contribution in [0.3, 0.4) is 0 Å². The first-order chi connectivity index (χ1) is 15.9. The molecule has 1 aromatic heterocycles. The van der Waals surface area contributed by atoms with Crippen molar-refractivity contribution in [3.63, 3.8) is 0 Å². The number of allylic oxidation sites excluding steroid dienone is 2. The van der Waals surface area contributed by atoms with E-state index >= 15 is 0 Å². The highest BCUT2D eigenvalue weighted by Crippen LogP contribution is 2.39. The quantitative estimate of drug-likeness (QED) is 0.578. The second-order valence-electron chi connectivity index (χ2n) is 9.44. The Morgan fingerprint density at radius 2 is 2.06 bits per heavy atom. The SMILES string of the molecule is COC(=O)C(C)(C)CC1=CCCc2c(OCCc3nc(N4CCNCC4)sc3C)cccc21. The molecule has 2 heterocycles. The van der Waals surface area contributed by atoms with Crippen molar-refractivity contribution in [1.82, 2.24) is 10.3 Å². The fraction of sp³-hybridized carbons (Fsp3) is 0.538. The number of carbonyl (C=O) groups excluding carboxylic acids is 1. The Kier molecular flexibility index (Phi) is 7.39. The van der Waals surface area contributed by atoms with E-state index in [0.717, 1.165) is 62.0 Å². The first-order valence-electron chi connectivity index (χ1n) is 11.8. The van der Waals surface area contributed by atoms with Gasteiger partial charge in [0.2, 0.25) is 0 Å². The Balaban J connectivity index is 1.42. The van der Waals surface area contributed by atoms with Gasteiger partial charge in [-0.25, -0.2) is 4.98 Å². The van der Waals surface area contributed by atoms with Crippen molar-refractivity contribution in [3.8, 4) is 5.75 Å². The number of thiazole rings is 1. The van der Waals surface area contributed by atoms with Gasteiger partial charge in [-0.3, -0.25) is 4.79 Å². The molecule has 0 saturated carbocycles. The van der Waals surface area contributed by atoms with Gasteiger partial charge in [0, 0.05) is 43.0 Å². The molecule has 0 bridgehead atoms. The molecule has 1 N–H and O–H groups in total. The van der Waals surface area contributed by atoms with E-state index in [1.165, 1.54) is 28.7 Å². The van der Waals surface area contributed by atoms with Gasteiger partial charge < -0.3 is 19.7 Å². The Hall–Kier alpha value is -2.38. The van der Waals surface area contributed by atoms with Crippen molar-refractivity contribution in [2.75, 3.05) is 44.8 Å². The highest BCUT2D eigenvalue weighted by molar-refractivity contribution is 7.15. The summed E-state index contributed by atoms with van der Waals surface area (Å²) < 4.78 is 11.3. The number of piperazine rings is 1. The number of anilines is 1. The third-order valence-electron chi connectivity index (χ3n) is 6.50. The summed E-state index contributed by atoms with van der Waals surface area (Å²) in [5, 5.41) is 4.52. The summed E-state index contributed by atoms with van der Waals surface area (Å²) in [7, 11) is 1.45. The molecule has 2 aliphatic rings. The van der Waals surface area contributed by atoms with Crippen LogP contribution >= 0.6 is 11.3 Å². The number of esters is 1. The second-order valence-corrected chi connectivity index (χ2v) is 10.6. The summed E-state index contributed by atoms with van der Waals surface area (Å²) >= 11 is 1.79. The maximum absolute atomic E-state index is 12.2. The fourth-order valence-corrected chi connectivity index (χ4v) is 5.65. The van der Waals surface area contributed by atoms with Crippen molar-refractivity contribution in [2.24, 2.45) is 5.41 Å². The molecule has 0 spiro atoms. The molecule has 1 fully saturated rings. The molecule has 0 radical (unpaired) electrons. The predicted molar refractivity (Wildman–Crippen MR) is 134 cm³/mol. The van der Waals surface area contributed by atoms with Gasteiger partial charge in [0.25, 0.3) is 0 Å². The minimum atomic E-state index is -0.559. The number of methoxy groups -OCH3 is 1. The standard InChI is InChI=1S/C26H35N3O3S/c1-18-22(28-25(33-18)29-14-12-27-13-15-29)11-16-32-23-10-6-8-20-19(7-5-9-21(20)23)17-26(2,3)24(30)31-4/h6-8,10,27H,5,9,11-17H2,1-4H3. The second kappa shape index (κ2) is 10.3. The fourth-order valence-electron chi connectivity index (χ4n) is 4.65. The summed E-state index contributed by atoms with van der Waals surface area (Å²) in [5.41, 5.74) is 4.22. The number of hydrogen-bond donors (Lipinski definition) is 1. The maximum Gasteiger partial charge on any atom is 0.311 e. The van der Waals surface area contributed by atoms with E-state index in [2.05, 4.69) is 41.4 Å². The van der Waals surface area contributed by atoms with E-state index in [1.807, 2.05) is 13.8 Å². The average molecular weight is 470 g/mol. The molecule has 0 amide bonds. The molecule has 1 aliphatic carbocycles. The summed E-state index contributed by atoms with van der Waals surface area (Å²) in [5.74, 6) is 0.769. The number of aryl methyl sites for hydroxylation is 1. The van der Waals surface area contributed by atoms with Gasteiger partial charge in [-0.1, -0.05) is 18.2 Å². The van der Waals surface area contributed by atoms with Crippen LogP contribution < -0.4 is 15.0 Å². The topological polar surface area (TPSA) is 63.7 Å². The van der Waals surface area contributed by atoms with E-state index in [9.17, 15) is 4.79 Å². The molecule has 1 aliphatic heterocycles. The molecule has 7 heteroatoms. The molecule has 4 rings (SSSR count). The van der Waals surface area contributed by atoms with Crippen LogP contribution in [0.2, 0.25) is 0 Å². The van der Waals surface area contributed by atoms with Crippen molar-refractivity contribution in [3.05, 3.63) is 46.0 Å². The average Bonchev–Trinajstić information content (AvgIpc) is 3.19. The van der Waals surface area contributed by atoms with Gasteiger partial charge >= 0.3 is 5.97 Å². The summed E-state index contributed by atoms with van der Waals surface area (Å²) in [6, 6.07) is 6.26. The molecular weight excluding hydrogens is 434 g/mol. The molecule has 1 saturated heterocycles. The minimum Gasteiger partial charge on any atom is -0.493 e. The number of hydrogen-bond acceptors (Lipinski definition) is 7. The number of fused-ring (bicyclic) bond motifs is 1. The van der Waals surface area contributed by atoms with Crippen LogP contribution in [0.25, 0.3) is 5.57 Å². The van der Waals surface area contributed by atoms with E-state index in [0.29, 0.717) is 13.0 Å². The van der Waals surface area contributed by atoms with Gasteiger partial charge in [-0.2, -0.15) is 0 Å². The molecule has 33 heavy (non-hydrogen) atoms. The van der Waals surface area contributed by atoms with Crippen LogP contribution in [0.4, 0.5) is 5.13 Å². The van der Waals surface area contributed by atoms with E-state index in [1.54, 1.807) is 11.3 Å². The van der Waals surface area contributed by atoms with Crippen LogP contribution in [-0.2, 0) is 22.4 Å². The zero-order valence-corrected chi connectivity index (χ0v) is 21.0. The number of nitrogens with zero attached hydrogens (tertiary/aromatic N) is 2. The van der Waals surface area contributed by atoms with E-state index < -0.39 is 5.41 Å². The van der Waals surface area contributed by atoms with E-state index in [-0.39, 0.29) is 5.97 Å². The van der Waals surface area contributed by atoms with Crippen LogP contribution in [0, 0.1) is 12.3 Å². The lowest BCUT2D eigenvalue weighted by Crippen LogP contribution is -2.43. The highest BCUT2D eigenvalue weighted by atomic mass is 32.1. The lowest BCUT2D eigenvalue weighted by atomic mass is 9.79. The Morgan fingerprint density at radius 3 is 2.82 bits per heavy atom. The van der Waals surface area contributed by atoms with Gasteiger partial charge in [0.05, 0.1) is 24.8 Å². The zero-order chi connectivity index (χ0) is 23.4. The first kappa shape index (κ1) is 23.8. The predicted octanol–water partition coefficient (Wildman–Crippen LogP) is 4.40. The van der Waals surface area contributed by atoms with Gasteiger partial charge in [-0.05, 0) is 57.2 Å². The van der Waals surface area contributed by atoms with Crippen LogP contribution in [0.15, 0.2) is 24.3 Å². The van der Waals surface area contributed by atoms with Gasteiger partial charge in [-0.15, -0.1) is 11.3 Å². The van der Waals surface area contributed by atoms with Crippen molar-refractivity contribution in [1.29, 1.82) is 0 Å². The molecule has 0 atom stereocenters. The maximum atomic E-state index is 12.2. The monoisotopic (exact) mass is 469 g/mol. The summed E-state index contributed by atoms with van der Waals surface area (Å²) in [6.45, 7) is 10.7. The third-order valence-corrected chi connectivity index (χ3v) is 7.57.